The second-order valence-corrected chi connectivity index (χ2v) is 8.42. The van der Waals surface area contributed by atoms with Crippen LogP contribution in [0.3, 0.4) is 0 Å². The van der Waals surface area contributed by atoms with Gasteiger partial charge in [-0.3, -0.25) is 4.79 Å². The maximum Gasteiger partial charge on any atom is 0.331 e. The topological polar surface area (TPSA) is 61.2 Å². The number of nitrogens with zero attached hydrogens (tertiary/aromatic N) is 2. The van der Waals surface area contributed by atoms with Crippen molar-refractivity contribution in [2.24, 2.45) is 0 Å². The Morgan fingerprint density at radius 1 is 1.03 bits per heavy atom. The predicted molar refractivity (Wildman–Crippen MR) is 128 cm³/mol. The van der Waals surface area contributed by atoms with Gasteiger partial charge >= 0.3 is 5.97 Å². The first kappa shape index (κ1) is 23.8. The van der Waals surface area contributed by atoms with Gasteiger partial charge in [-0.05, 0) is 68.2 Å². The fraction of sp³-hybridized carbons (Fsp3) is 0.240. The lowest BCUT2D eigenvalue weighted by Crippen LogP contribution is -2.14. The maximum absolute atomic E-state index is 12.5. The summed E-state index contributed by atoms with van der Waals surface area (Å²) in [6.07, 6.45) is 2.79. The quantitative estimate of drug-likeness (QED) is 0.244. The van der Waals surface area contributed by atoms with E-state index in [9.17, 15) is 9.59 Å². The smallest absolute Gasteiger partial charge is 0.331 e. The largest absolute Gasteiger partial charge is 0.454 e. The van der Waals surface area contributed by atoms with Gasteiger partial charge in [0.2, 0.25) is 5.78 Å². The molecular weight excluding hydrogens is 447 g/mol. The highest BCUT2D eigenvalue weighted by Crippen LogP contribution is 2.24. The summed E-state index contributed by atoms with van der Waals surface area (Å²) in [7, 11) is 0. The standard InChI is InChI=1S/C25H24Cl2N2O3/c1-15-11-17(3)21(12-16(15)2)23(30)14-32-24(31)10-9-20-18(4)28-29(25(20)27)13-19-7-5-6-8-22(19)26/h5-12H,13-14H2,1-4H3. The molecule has 1 aromatic heterocycles. The van der Waals surface area contributed by atoms with Crippen LogP contribution in [0.1, 0.15) is 43.9 Å². The molecule has 2 aromatic carbocycles. The molecule has 0 N–H and O–H groups in total. The molecule has 0 aliphatic carbocycles. The van der Waals surface area contributed by atoms with Crippen molar-refractivity contribution in [2.45, 2.75) is 34.2 Å². The van der Waals surface area contributed by atoms with Crippen molar-refractivity contribution in [1.29, 1.82) is 0 Å². The van der Waals surface area contributed by atoms with E-state index in [1.54, 1.807) is 23.7 Å². The minimum absolute atomic E-state index is 0.242. The molecule has 3 aromatic rings. The number of aromatic nitrogens is 2. The van der Waals surface area contributed by atoms with E-state index in [2.05, 4.69) is 5.10 Å². The molecule has 7 heteroatoms. The van der Waals surface area contributed by atoms with Gasteiger partial charge in [0.15, 0.2) is 6.61 Å². The number of ether oxygens (including phenoxy) is 1. The van der Waals surface area contributed by atoms with Crippen LogP contribution in [0.4, 0.5) is 0 Å². The molecule has 0 spiro atoms. The van der Waals surface area contributed by atoms with Crippen molar-refractivity contribution in [3.63, 3.8) is 0 Å². The predicted octanol–water partition coefficient (Wildman–Crippen LogP) is 5.91. The van der Waals surface area contributed by atoms with E-state index >= 15 is 0 Å². The van der Waals surface area contributed by atoms with Gasteiger partial charge in [0.1, 0.15) is 5.15 Å². The van der Waals surface area contributed by atoms with Crippen LogP contribution in [0.25, 0.3) is 6.08 Å². The third kappa shape index (κ3) is 5.47. The van der Waals surface area contributed by atoms with Gasteiger partial charge in [-0.15, -0.1) is 0 Å². The second kappa shape index (κ2) is 10.2. The van der Waals surface area contributed by atoms with Crippen molar-refractivity contribution < 1.29 is 14.3 Å². The van der Waals surface area contributed by atoms with Gasteiger partial charge in [-0.25, -0.2) is 9.48 Å². The van der Waals surface area contributed by atoms with Crippen molar-refractivity contribution in [3.8, 4) is 0 Å². The Kier molecular flexibility index (Phi) is 7.54. The van der Waals surface area contributed by atoms with Crippen LogP contribution in [-0.2, 0) is 16.1 Å². The van der Waals surface area contributed by atoms with Gasteiger partial charge in [0.05, 0.1) is 12.2 Å². The van der Waals surface area contributed by atoms with Gasteiger partial charge < -0.3 is 4.74 Å². The van der Waals surface area contributed by atoms with E-state index in [1.807, 2.05) is 51.1 Å². The molecule has 0 aliphatic rings. The normalized spacial score (nSPS) is 11.2. The first-order valence-electron chi connectivity index (χ1n) is 10.1. The lowest BCUT2D eigenvalue weighted by atomic mass is 9.98. The molecule has 0 unspecified atom stereocenters. The molecule has 0 radical (unpaired) electrons. The third-order valence-corrected chi connectivity index (χ3v) is 6.03. The molecule has 0 saturated heterocycles. The van der Waals surface area contributed by atoms with Crippen molar-refractivity contribution in [2.75, 3.05) is 6.61 Å². The van der Waals surface area contributed by atoms with E-state index in [1.165, 1.54) is 6.08 Å². The molecule has 0 atom stereocenters. The molecule has 1 heterocycles. The van der Waals surface area contributed by atoms with Gasteiger partial charge in [-0.1, -0.05) is 47.5 Å². The van der Waals surface area contributed by atoms with Gasteiger partial charge in [0, 0.05) is 22.2 Å². The number of ketones is 1. The average Bonchev–Trinajstić information content (AvgIpc) is 3.01. The Morgan fingerprint density at radius 3 is 2.44 bits per heavy atom. The SMILES string of the molecule is Cc1cc(C)c(C(=O)COC(=O)C=Cc2c(C)nn(Cc3ccccc3Cl)c2Cl)cc1C. The number of aryl methyl sites for hydroxylation is 4. The number of rotatable bonds is 7. The lowest BCUT2D eigenvalue weighted by Gasteiger charge is -2.09. The Bertz CT molecular complexity index is 1210. The summed E-state index contributed by atoms with van der Waals surface area (Å²) in [6.45, 7) is 7.67. The van der Waals surface area contributed by atoms with Crippen molar-refractivity contribution in [3.05, 3.63) is 91.7 Å². The van der Waals surface area contributed by atoms with E-state index in [0.717, 1.165) is 22.3 Å². The first-order chi connectivity index (χ1) is 15.2. The summed E-state index contributed by atoms with van der Waals surface area (Å²) in [5.41, 5.74) is 5.70. The fourth-order valence-electron chi connectivity index (χ4n) is 3.32. The molecular formula is C25H24Cl2N2O3. The van der Waals surface area contributed by atoms with E-state index in [-0.39, 0.29) is 12.4 Å². The minimum Gasteiger partial charge on any atom is -0.454 e. The number of hydrogen-bond acceptors (Lipinski definition) is 4. The molecule has 0 bridgehead atoms. The van der Waals surface area contributed by atoms with Crippen LogP contribution in [0.2, 0.25) is 10.2 Å². The van der Waals surface area contributed by atoms with Crippen LogP contribution in [0, 0.1) is 27.7 Å². The highest BCUT2D eigenvalue weighted by Gasteiger charge is 2.15. The highest BCUT2D eigenvalue weighted by molar-refractivity contribution is 6.32. The Labute approximate surface area is 197 Å². The first-order valence-corrected chi connectivity index (χ1v) is 10.8. The summed E-state index contributed by atoms with van der Waals surface area (Å²) in [4.78, 5) is 24.6. The number of benzene rings is 2. The van der Waals surface area contributed by atoms with Crippen LogP contribution < -0.4 is 0 Å². The average molecular weight is 471 g/mol. The van der Waals surface area contributed by atoms with Crippen molar-refractivity contribution in [1.82, 2.24) is 9.78 Å². The van der Waals surface area contributed by atoms with Crippen LogP contribution >= 0.6 is 23.2 Å². The molecule has 166 valence electrons. The number of hydrogen-bond donors (Lipinski definition) is 0. The summed E-state index contributed by atoms with van der Waals surface area (Å²) in [5, 5.41) is 5.44. The highest BCUT2D eigenvalue weighted by atomic mass is 35.5. The van der Waals surface area contributed by atoms with Gasteiger partial charge in [0.25, 0.3) is 0 Å². The minimum atomic E-state index is -0.630. The molecule has 5 nitrogen and oxygen atoms in total. The Balaban J connectivity index is 1.66. The molecule has 0 aliphatic heterocycles. The number of halogens is 2. The molecule has 32 heavy (non-hydrogen) atoms. The van der Waals surface area contributed by atoms with E-state index < -0.39 is 5.97 Å². The zero-order chi connectivity index (χ0) is 23.4. The number of carbonyl (C=O) groups excluding carboxylic acids is 2. The maximum atomic E-state index is 12.5. The Morgan fingerprint density at radius 2 is 1.72 bits per heavy atom. The molecule has 3 rings (SSSR count). The van der Waals surface area contributed by atoms with Gasteiger partial charge in [-0.2, -0.15) is 5.10 Å². The lowest BCUT2D eigenvalue weighted by molar-refractivity contribution is -0.136. The second-order valence-electron chi connectivity index (χ2n) is 7.65. The van der Waals surface area contributed by atoms with E-state index in [4.69, 9.17) is 27.9 Å². The van der Waals surface area contributed by atoms with Crippen LogP contribution in [-0.4, -0.2) is 28.1 Å². The molecule has 0 amide bonds. The third-order valence-electron chi connectivity index (χ3n) is 5.26. The number of carbonyl (C=O) groups is 2. The molecule has 0 saturated carbocycles. The Hall–Kier alpha value is -2.89. The summed E-state index contributed by atoms with van der Waals surface area (Å²) in [5.74, 6) is -0.872. The summed E-state index contributed by atoms with van der Waals surface area (Å²) < 4.78 is 6.76. The van der Waals surface area contributed by atoms with Crippen LogP contribution in [0.15, 0.2) is 42.5 Å². The zero-order valence-electron chi connectivity index (χ0n) is 18.4. The fourth-order valence-corrected chi connectivity index (χ4v) is 3.82. The van der Waals surface area contributed by atoms with Crippen LogP contribution in [0.5, 0.6) is 0 Å². The number of Topliss-reactive ketones (excluding diaryl/α,β-unsaturated/α-hetero) is 1. The number of esters is 1. The van der Waals surface area contributed by atoms with Crippen molar-refractivity contribution >= 4 is 41.0 Å². The monoisotopic (exact) mass is 470 g/mol. The van der Waals surface area contributed by atoms with E-state index in [0.29, 0.717) is 33.5 Å². The zero-order valence-corrected chi connectivity index (χ0v) is 19.9. The summed E-state index contributed by atoms with van der Waals surface area (Å²) >= 11 is 12.7. The summed E-state index contributed by atoms with van der Waals surface area (Å²) in [6, 6.07) is 11.2. The molecule has 0 fully saturated rings.